The van der Waals surface area contributed by atoms with Crippen molar-refractivity contribution in [3.05, 3.63) is 29.8 Å². The molecule has 5 nitrogen and oxygen atoms in total. The van der Waals surface area contributed by atoms with Crippen molar-refractivity contribution in [2.75, 3.05) is 11.4 Å². The predicted octanol–water partition coefficient (Wildman–Crippen LogP) is 2.00. The van der Waals surface area contributed by atoms with Crippen molar-refractivity contribution < 1.29 is 14.7 Å². The van der Waals surface area contributed by atoms with Gasteiger partial charge in [-0.05, 0) is 32.9 Å². The summed E-state index contributed by atoms with van der Waals surface area (Å²) in [6.07, 6.45) is 0. The Morgan fingerprint density at radius 3 is 2.28 bits per heavy atom. The summed E-state index contributed by atoms with van der Waals surface area (Å²) in [5, 5.41) is 11.5. The summed E-state index contributed by atoms with van der Waals surface area (Å²) >= 11 is 0. The third kappa shape index (κ3) is 4.08. The van der Waals surface area contributed by atoms with E-state index in [2.05, 4.69) is 5.32 Å². The summed E-state index contributed by atoms with van der Waals surface area (Å²) in [4.78, 5) is 24.0. The molecular weight excluding hydrogens is 232 g/mol. The van der Waals surface area contributed by atoms with Gasteiger partial charge < -0.3 is 10.4 Å². The molecule has 18 heavy (non-hydrogen) atoms. The Hall–Kier alpha value is -2.04. The standard InChI is InChI=1S/C13H18N2O3/c1-9(2)14-13(18)15(8-12(16)17)11-6-4-10(3)5-7-11/h4-7,9H,8H2,1-3H3,(H,14,18)(H,16,17). The molecule has 0 aliphatic rings. The number of benzene rings is 1. The summed E-state index contributed by atoms with van der Waals surface area (Å²) in [5.74, 6) is -1.05. The number of anilines is 1. The second kappa shape index (κ2) is 6.05. The molecule has 0 unspecified atom stereocenters. The minimum absolute atomic E-state index is 0.0424. The van der Waals surface area contributed by atoms with Crippen molar-refractivity contribution in [3.8, 4) is 0 Å². The predicted molar refractivity (Wildman–Crippen MR) is 69.8 cm³/mol. The number of nitrogens with zero attached hydrogens (tertiary/aromatic N) is 1. The van der Waals surface area contributed by atoms with Crippen molar-refractivity contribution in [1.82, 2.24) is 5.32 Å². The smallest absolute Gasteiger partial charge is 0.323 e. The van der Waals surface area contributed by atoms with E-state index in [9.17, 15) is 9.59 Å². The zero-order valence-corrected chi connectivity index (χ0v) is 10.8. The van der Waals surface area contributed by atoms with Crippen LogP contribution in [0.3, 0.4) is 0 Å². The number of carbonyl (C=O) groups excluding carboxylic acids is 1. The van der Waals surface area contributed by atoms with E-state index in [-0.39, 0.29) is 12.6 Å². The highest BCUT2D eigenvalue weighted by Gasteiger charge is 2.19. The molecule has 0 spiro atoms. The summed E-state index contributed by atoms with van der Waals surface area (Å²) in [6.45, 7) is 5.22. The van der Waals surface area contributed by atoms with Crippen LogP contribution in [0.15, 0.2) is 24.3 Å². The molecule has 0 aromatic heterocycles. The highest BCUT2D eigenvalue weighted by Crippen LogP contribution is 2.15. The van der Waals surface area contributed by atoms with Gasteiger partial charge in [0.15, 0.2) is 0 Å². The minimum Gasteiger partial charge on any atom is -0.480 e. The number of carboxylic acids is 1. The van der Waals surface area contributed by atoms with Crippen LogP contribution >= 0.6 is 0 Å². The Kier molecular flexibility index (Phi) is 4.71. The van der Waals surface area contributed by atoms with Gasteiger partial charge in [0, 0.05) is 11.7 Å². The van der Waals surface area contributed by atoms with Crippen LogP contribution in [0, 0.1) is 6.92 Å². The van der Waals surface area contributed by atoms with E-state index in [4.69, 9.17) is 5.11 Å². The van der Waals surface area contributed by atoms with Crippen molar-refractivity contribution in [3.63, 3.8) is 0 Å². The van der Waals surface area contributed by atoms with Crippen LogP contribution in [-0.2, 0) is 4.79 Å². The average Bonchev–Trinajstić information content (AvgIpc) is 2.26. The van der Waals surface area contributed by atoms with Gasteiger partial charge in [-0.3, -0.25) is 9.69 Å². The van der Waals surface area contributed by atoms with E-state index in [1.807, 2.05) is 32.9 Å². The molecule has 2 amide bonds. The van der Waals surface area contributed by atoms with E-state index in [1.165, 1.54) is 4.90 Å². The summed E-state index contributed by atoms with van der Waals surface area (Å²) in [5.41, 5.74) is 1.62. The minimum atomic E-state index is -1.05. The molecule has 0 heterocycles. The lowest BCUT2D eigenvalue weighted by atomic mass is 10.2. The van der Waals surface area contributed by atoms with Gasteiger partial charge in [0.2, 0.25) is 0 Å². The maximum Gasteiger partial charge on any atom is 0.323 e. The van der Waals surface area contributed by atoms with Crippen LogP contribution in [0.25, 0.3) is 0 Å². The number of hydrogen-bond acceptors (Lipinski definition) is 2. The molecule has 0 bridgehead atoms. The first-order valence-corrected chi connectivity index (χ1v) is 5.76. The summed E-state index contributed by atoms with van der Waals surface area (Å²) in [6, 6.07) is 6.70. The van der Waals surface area contributed by atoms with Gasteiger partial charge in [0.1, 0.15) is 6.54 Å². The Morgan fingerprint density at radius 2 is 1.83 bits per heavy atom. The number of carboxylic acid groups (broad SMARTS) is 1. The van der Waals surface area contributed by atoms with Gasteiger partial charge in [-0.25, -0.2) is 4.79 Å². The Balaban J connectivity index is 2.93. The molecule has 1 rings (SSSR count). The Labute approximate surface area is 106 Å². The lowest BCUT2D eigenvalue weighted by molar-refractivity contribution is -0.135. The molecule has 0 aliphatic carbocycles. The average molecular weight is 250 g/mol. The maximum absolute atomic E-state index is 11.9. The first kappa shape index (κ1) is 14.0. The van der Waals surface area contributed by atoms with Gasteiger partial charge in [-0.15, -0.1) is 0 Å². The molecular formula is C13H18N2O3. The van der Waals surface area contributed by atoms with Crippen LogP contribution in [0.5, 0.6) is 0 Å². The molecule has 0 radical (unpaired) electrons. The normalized spacial score (nSPS) is 10.2. The first-order valence-electron chi connectivity index (χ1n) is 5.76. The lowest BCUT2D eigenvalue weighted by Crippen LogP contribution is -2.45. The molecule has 0 saturated carbocycles. The second-order valence-corrected chi connectivity index (χ2v) is 4.42. The zero-order valence-electron chi connectivity index (χ0n) is 10.8. The number of rotatable bonds is 4. The first-order chi connectivity index (χ1) is 8.40. The number of aliphatic carboxylic acids is 1. The van der Waals surface area contributed by atoms with Gasteiger partial charge in [0.25, 0.3) is 0 Å². The molecule has 0 aliphatic heterocycles. The van der Waals surface area contributed by atoms with Crippen LogP contribution in [-0.4, -0.2) is 29.7 Å². The van der Waals surface area contributed by atoms with E-state index in [0.717, 1.165) is 5.56 Å². The molecule has 98 valence electrons. The molecule has 2 N–H and O–H groups in total. The van der Waals surface area contributed by atoms with Crippen LogP contribution in [0.4, 0.5) is 10.5 Å². The largest absolute Gasteiger partial charge is 0.480 e. The van der Waals surface area contributed by atoms with E-state index < -0.39 is 12.0 Å². The van der Waals surface area contributed by atoms with Crippen LogP contribution in [0.1, 0.15) is 19.4 Å². The quantitative estimate of drug-likeness (QED) is 0.858. The van der Waals surface area contributed by atoms with Crippen LogP contribution < -0.4 is 10.2 Å². The summed E-state index contributed by atoms with van der Waals surface area (Å²) in [7, 11) is 0. The number of aryl methyl sites for hydroxylation is 1. The molecule has 0 fully saturated rings. The topological polar surface area (TPSA) is 69.6 Å². The highest BCUT2D eigenvalue weighted by atomic mass is 16.4. The summed E-state index contributed by atoms with van der Waals surface area (Å²) < 4.78 is 0. The number of urea groups is 1. The zero-order chi connectivity index (χ0) is 13.7. The SMILES string of the molecule is Cc1ccc(N(CC(=O)O)C(=O)NC(C)C)cc1. The van der Waals surface area contributed by atoms with Gasteiger partial charge >= 0.3 is 12.0 Å². The second-order valence-electron chi connectivity index (χ2n) is 4.42. The van der Waals surface area contributed by atoms with Crippen molar-refractivity contribution >= 4 is 17.7 Å². The molecule has 5 heteroatoms. The third-order valence-corrected chi connectivity index (χ3v) is 2.30. The number of amides is 2. The van der Waals surface area contributed by atoms with Gasteiger partial charge in [0.05, 0.1) is 0 Å². The Morgan fingerprint density at radius 1 is 1.28 bits per heavy atom. The van der Waals surface area contributed by atoms with E-state index in [1.54, 1.807) is 12.1 Å². The highest BCUT2D eigenvalue weighted by molar-refractivity contribution is 5.96. The lowest BCUT2D eigenvalue weighted by Gasteiger charge is -2.22. The van der Waals surface area contributed by atoms with Gasteiger partial charge in [-0.1, -0.05) is 17.7 Å². The van der Waals surface area contributed by atoms with Crippen molar-refractivity contribution in [2.24, 2.45) is 0 Å². The Bertz CT molecular complexity index is 426. The molecule has 0 saturated heterocycles. The fraction of sp³-hybridized carbons (Fsp3) is 0.385. The van der Waals surface area contributed by atoms with E-state index >= 15 is 0 Å². The number of hydrogen-bond donors (Lipinski definition) is 2. The number of carbonyl (C=O) groups is 2. The fourth-order valence-electron chi connectivity index (χ4n) is 1.47. The van der Waals surface area contributed by atoms with Gasteiger partial charge in [-0.2, -0.15) is 0 Å². The van der Waals surface area contributed by atoms with Crippen molar-refractivity contribution in [1.29, 1.82) is 0 Å². The fourth-order valence-corrected chi connectivity index (χ4v) is 1.47. The maximum atomic E-state index is 11.9. The van der Waals surface area contributed by atoms with Crippen LogP contribution in [0.2, 0.25) is 0 Å². The molecule has 1 aromatic carbocycles. The molecule has 0 atom stereocenters. The number of nitrogens with one attached hydrogen (secondary N) is 1. The van der Waals surface area contributed by atoms with E-state index in [0.29, 0.717) is 5.69 Å². The molecule has 1 aromatic rings. The monoisotopic (exact) mass is 250 g/mol. The van der Waals surface area contributed by atoms with Crippen molar-refractivity contribution in [2.45, 2.75) is 26.8 Å². The third-order valence-electron chi connectivity index (χ3n) is 2.30.